The van der Waals surface area contributed by atoms with E-state index in [2.05, 4.69) is 15.9 Å². The summed E-state index contributed by atoms with van der Waals surface area (Å²) in [5.74, 6) is 1.14. The lowest BCUT2D eigenvalue weighted by atomic mass is 9.90. The minimum absolute atomic E-state index is 0.183. The summed E-state index contributed by atoms with van der Waals surface area (Å²) in [7, 11) is 0. The molecule has 0 heterocycles. The summed E-state index contributed by atoms with van der Waals surface area (Å²) >= 11 is 3.42. The largest absolute Gasteiger partial charge is 0.330 e. The third-order valence-electron chi connectivity index (χ3n) is 3.62. The first kappa shape index (κ1) is 12.1. The van der Waals surface area contributed by atoms with Crippen LogP contribution in [0.2, 0.25) is 0 Å². The Balaban J connectivity index is 2.08. The highest BCUT2D eigenvalue weighted by atomic mass is 79.9. The monoisotopic (exact) mass is 285 g/mol. The summed E-state index contributed by atoms with van der Waals surface area (Å²) in [4.78, 5) is 0. The van der Waals surface area contributed by atoms with Crippen LogP contribution in [0.1, 0.15) is 24.8 Å². The molecule has 0 spiro atoms. The highest BCUT2D eigenvalue weighted by molar-refractivity contribution is 9.10. The number of rotatable bonds is 3. The molecule has 3 heteroatoms. The average molecular weight is 286 g/mol. The van der Waals surface area contributed by atoms with Gasteiger partial charge < -0.3 is 5.73 Å². The molecule has 0 bridgehead atoms. The Bertz CT molecular complexity index is 367. The summed E-state index contributed by atoms with van der Waals surface area (Å²) in [5.41, 5.74) is 6.97. The van der Waals surface area contributed by atoms with Crippen LogP contribution in [0.25, 0.3) is 0 Å². The van der Waals surface area contributed by atoms with E-state index in [0.717, 1.165) is 17.4 Å². The molecular weight excluding hydrogens is 269 g/mol. The minimum Gasteiger partial charge on any atom is -0.330 e. The summed E-state index contributed by atoms with van der Waals surface area (Å²) in [6.07, 6.45) is 4.81. The number of hydrogen-bond acceptors (Lipinski definition) is 1. The van der Waals surface area contributed by atoms with E-state index >= 15 is 0 Å². The Morgan fingerprint density at radius 1 is 1.31 bits per heavy atom. The molecule has 0 amide bonds. The van der Waals surface area contributed by atoms with Gasteiger partial charge in [-0.3, -0.25) is 0 Å². The van der Waals surface area contributed by atoms with Gasteiger partial charge in [0.15, 0.2) is 0 Å². The quantitative estimate of drug-likeness (QED) is 0.904. The van der Waals surface area contributed by atoms with E-state index in [0.29, 0.717) is 11.8 Å². The third-order valence-corrected chi connectivity index (χ3v) is 4.35. The molecule has 2 N–H and O–H groups in total. The first-order valence-electron chi connectivity index (χ1n) is 5.84. The molecule has 2 atom stereocenters. The fourth-order valence-electron chi connectivity index (χ4n) is 2.66. The van der Waals surface area contributed by atoms with Crippen molar-refractivity contribution < 1.29 is 4.39 Å². The molecule has 0 radical (unpaired) electrons. The van der Waals surface area contributed by atoms with Gasteiger partial charge in [0.2, 0.25) is 0 Å². The summed E-state index contributed by atoms with van der Waals surface area (Å²) in [5, 5.41) is 0. The molecule has 16 heavy (non-hydrogen) atoms. The van der Waals surface area contributed by atoms with Crippen molar-refractivity contribution in [2.75, 3.05) is 6.54 Å². The van der Waals surface area contributed by atoms with Crippen LogP contribution < -0.4 is 5.73 Å². The Hall–Kier alpha value is -0.410. The van der Waals surface area contributed by atoms with Gasteiger partial charge in [0.1, 0.15) is 5.82 Å². The van der Waals surface area contributed by atoms with Crippen LogP contribution in [0.5, 0.6) is 0 Å². The number of hydrogen-bond donors (Lipinski definition) is 1. The summed E-state index contributed by atoms with van der Waals surface area (Å²) < 4.78 is 13.8. The third kappa shape index (κ3) is 2.64. The van der Waals surface area contributed by atoms with Crippen molar-refractivity contribution in [3.63, 3.8) is 0 Å². The van der Waals surface area contributed by atoms with Gasteiger partial charge >= 0.3 is 0 Å². The average Bonchev–Trinajstić information content (AvgIpc) is 2.69. The van der Waals surface area contributed by atoms with Gasteiger partial charge in [-0.2, -0.15) is 0 Å². The molecule has 0 aromatic heterocycles. The van der Waals surface area contributed by atoms with E-state index in [1.165, 1.54) is 30.9 Å². The lowest BCUT2D eigenvalue weighted by Crippen LogP contribution is -2.20. The number of halogens is 2. The molecule has 2 rings (SSSR count). The predicted molar refractivity (Wildman–Crippen MR) is 67.7 cm³/mol. The van der Waals surface area contributed by atoms with Crippen molar-refractivity contribution in [2.45, 2.75) is 25.7 Å². The Morgan fingerprint density at radius 3 is 2.75 bits per heavy atom. The van der Waals surface area contributed by atoms with E-state index < -0.39 is 0 Å². The van der Waals surface area contributed by atoms with Gasteiger partial charge in [-0.15, -0.1) is 0 Å². The van der Waals surface area contributed by atoms with Crippen LogP contribution in [0, 0.1) is 17.7 Å². The van der Waals surface area contributed by atoms with Crippen molar-refractivity contribution in [3.05, 3.63) is 34.1 Å². The molecule has 1 aliphatic carbocycles. The maximum absolute atomic E-state index is 13.0. The van der Waals surface area contributed by atoms with E-state index in [-0.39, 0.29) is 5.82 Å². The molecule has 1 aliphatic rings. The molecule has 1 nitrogen and oxygen atoms in total. The number of benzene rings is 1. The van der Waals surface area contributed by atoms with Gasteiger partial charge in [-0.05, 0) is 55.3 Å². The van der Waals surface area contributed by atoms with Crippen molar-refractivity contribution >= 4 is 15.9 Å². The summed E-state index contributed by atoms with van der Waals surface area (Å²) in [6.45, 7) is 0.781. The van der Waals surface area contributed by atoms with Crippen molar-refractivity contribution in [3.8, 4) is 0 Å². The maximum atomic E-state index is 13.0. The second-order valence-electron chi connectivity index (χ2n) is 4.63. The Labute approximate surface area is 104 Å². The van der Waals surface area contributed by atoms with Gasteiger partial charge in [0.25, 0.3) is 0 Å². The fourth-order valence-corrected chi connectivity index (χ4v) is 3.18. The van der Waals surface area contributed by atoms with E-state index in [9.17, 15) is 4.39 Å². The van der Waals surface area contributed by atoms with E-state index in [1.54, 1.807) is 6.07 Å². The summed E-state index contributed by atoms with van der Waals surface area (Å²) in [6, 6.07) is 4.96. The van der Waals surface area contributed by atoms with Crippen LogP contribution in [-0.4, -0.2) is 6.54 Å². The maximum Gasteiger partial charge on any atom is 0.124 e. The standard InChI is InChI=1S/C13H17BrFN/c14-13-7-12(15)5-4-10(13)6-9-2-1-3-11(9)8-16/h4-5,7,9,11H,1-3,6,8,16H2. The zero-order valence-electron chi connectivity index (χ0n) is 9.26. The second-order valence-corrected chi connectivity index (χ2v) is 5.48. The molecular formula is C13H17BrFN. The van der Waals surface area contributed by atoms with Crippen molar-refractivity contribution in [2.24, 2.45) is 17.6 Å². The van der Waals surface area contributed by atoms with Gasteiger partial charge in [-0.25, -0.2) is 4.39 Å². The van der Waals surface area contributed by atoms with E-state index in [1.807, 2.05) is 6.07 Å². The van der Waals surface area contributed by atoms with Crippen LogP contribution in [0.3, 0.4) is 0 Å². The zero-order valence-corrected chi connectivity index (χ0v) is 10.8. The molecule has 1 saturated carbocycles. The lowest BCUT2D eigenvalue weighted by molar-refractivity contribution is 0.393. The molecule has 1 aromatic rings. The second kappa shape index (κ2) is 5.28. The first-order chi connectivity index (χ1) is 7.70. The smallest absolute Gasteiger partial charge is 0.124 e. The van der Waals surface area contributed by atoms with Crippen molar-refractivity contribution in [1.29, 1.82) is 0 Å². The fraction of sp³-hybridized carbons (Fsp3) is 0.538. The molecule has 2 unspecified atom stereocenters. The molecule has 0 saturated heterocycles. The van der Waals surface area contributed by atoms with Gasteiger partial charge in [0.05, 0.1) is 0 Å². The number of nitrogens with two attached hydrogens (primary N) is 1. The molecule has 88 valence electrons. The molecule has 1 aromatic carbocycles. The van der Waals surface area contributed by atoms with Crippen molar-refractivity contribution in [1.82, 2.24) is 0 Å². The van der Waals surface area contributed by atoms with Gasteiger partial charge in [0, 0.05) is 4.47 Å². The molecule has 0 aliphatic heterocycles. The SMILES string of the molecule is NCC1CCCC1Cc1ccc(F)cc1Br. The highest BCUT2D eigenvalue weighted by Crippen LogP contribution is 2.35. The predicted octanol–water partition coefficient (Wildman–Crippen LogP) is 3.51. The van der Waals surface area contributed by atoms with Crippen LogP contribution >= 0.6 is 15.9 Å². The van der Waals surface area contributed by atoms with Gasteiger partial charge in [-0.1, -0.05) is 28.4 Å². The normalized spacial score (nSPS) is 24.9. The Kier molecular flexibility index (Phi) is 3.98. The Morgan fingerprint density at radius 2 is 2.06 bits per heavy atom. The minimum atomic E-state index is -0.183. The van der Waals surface area contributed by atoms with Crippen LogP contribution in [-0.2, 0) is 6.42 Å². The zero-order chi connectivity index (χ0) is 11.5. The van der Waals surface area contributed by atoms with E-state index in [4.69, 9.17) is 5.73 Å². The van der Waals surface area contributed by atoms with Crippen LogP contribution in [0.4, 0.5) is 4.39 Å². The lowest BCUT2D eigenvalue weighted by Gasteiger charge is -2.18. The van der Waals surface area contributed by atoms with Crippen LogP contribution in [0.15, 0.2) is 22.7 Å². The molecule has 1 fully saturated rings. The topological polar surface area (TPSA) is 26.0 Å². The first-order valence-corrected chi connectivity index (χ1v) is 6.64. The highest BCUT2D eigenvalue weighted by Gasteiger charge is 2.26.